The van der Waals surface area contributed by atoms with Crippen molar-refractivity contribution < 1.29 is 14.3 Å². The van der Waals surface area contributed by atoms with E-state index in [1.165, 1.54) is 0 Å². The zero-order chi connectivity index (χ0) is 16.7. The summed E-state index contributed by atoms with van der Waals surface area (Å²) in [5.41, 5.74) is 1.67. The summed E-state index contributed by atoms with van der Waals surface area (Å²) in [5, 5.41) is 0. The second kappa shape index (κ2) is 5.44. The topological polar surface area (TPSA) is 55.7 Å². The van der Waals surface area contributed by atoms with Crippen molar-refractivity contribution in [3.05, 3.63) is 47.5 Å². The second-order valence-electron chi connectivity index (χ2n) is 6.74. The predicted molar refractivity (Wildman–Crippen MR) is 89.0 cm³/mol. The van der Waals surface area contributed by atoms with Crippen LogP contribution in [0.5, 0.6) is 0 Å². The summed E-state index contributed by atoms with van der Waals surface area (Å²) >= 11 is 0. The van der Waals surface area contributed by atoms with Crippen LogP contribution < -0.4 is 0 Å². The van der Waals surface area contributed by atoms with Crippen molar-refractivity contribution in [2.45, 2.75) is 44.6 Å². The summed E-state index contributed by atoms with van der Waals surface area (Å²) < 4.78 is 5.10. The lowest BCUT2D eigenvalue weighted by molar-refractivity contribution is -0.141. The highest BCUT2D eigenvalue weighted by molar-refractivity contribution is 6.14. The molecule has 0 aromatic heterocycles. The summed E-state index contributed by atoms with van der Waals surface area (Å²) in [7, 11) is 0. The van der Waals surface area contributed by atoms with Gasteiger partial charge in [-0.05, 0) is 38.8 Å². The van der Waals surface area contributed by atoms with Crippen molar-refractivity contribution in [2.24, 2.45) is 4.99 Å². The quantitative estimate of drug-likeness (QED) is 0.805. The van der Waals surface area contributed by atoms with Gasteiger partial charge in [0, 0.05) is 11.3 Å². The number of aliphatic imine (C=N–C) groups is 1. The molecule has 0 saturated heterocycles. The van der Waals surface area contributed by atoms with Crippen molar-refractivity contribution in [3.63, 3.8) is 0 Å². The molecule has 1 atom stereocenters. The van der Waals surface area contributed by atoms with Gasteiger partial charge in [-0.15, -0.1) is 0 Å². The van der Waals surface area contributed by atoms with Gasteiger partial charge in [-0.2, -0.15) is 0 Å². The van der Waals surface area contributed by atoms with E-state index in [1.807, 2.05) is 30.3 Å². The first-order chi connectivity index (χ1) is 10.9. The Morgan fingerprint density at radius 3 is 2.78 bits per heavy atom. The maximum atomic E-state index is 12.2. The van der Waals surface area contributed by atoms with Crippen LogP contribution in [0.4, 0.5) is 0 Å². The van der Waals surface area contributed by atoms with Crippen LogP contribution >= 0.6 is 0 Å². The molecular formula is C19H21NO3. The minimum atomic E-state index is -0.485. The van der Waals surface area contributed by atoms with Gasteiger partial charge in [-0.3, -0.25) is 14.6 Å². The third-order valence-electron chi connectivity index (χ3n) is 4.47. The Hall–Kier alpha value is -2.23. The normalized spacial score (nSPS) is 24.5. The lowest BCUT2D eigenvalue weighted by Crippen LogP contribution is -2.37. The van der Waals surface area contributed by atoms with Gasteiger partial charge in [0.25, 0.3) is 0 Å². The van der Waals surface area contributed by atoms with Crippen molar-refractivity contribution in [2.75, 3.05) is 6.61 Å². The molecule has 0 unspecified atom stereocenters. The molecule has 0 radical (unpaired) electrons. The Labute approximate surface area is 136 Å². The highest BCUT2D eigenvalue weighted by Crippen LogP contribution is 2.47. The molecule has 1 aromatic carbocycles. The van der Waals surface area contributed by atoms with Gasteiger partial charge in [0.15, 0.2) is 5.78 Å². The zero-order valence-electron chi connectivity index (χ0n) is 13.8. The number of hydrogen-bond acceptors (Lipinski definition) is 4. The molecule has 4 nitrogen and oxygen atoms in total. The Kier molecular flexibility index (Phi) is 3.71. The van der Waals surface area contributed by atoms with Crippen molar-refractivity contribution >= 4 is 17.5 Å². The molecule has 1 spiro atoms. The zero-order valence-corrected chi connectivity index (χ0v) is 13.8. The van der Waals surface area contributed by atoms with E-state index in [0.29, 0.717) is 12.2 Å². The monoisotopic (exact) mass is 311 g/mol. The van der Waals surface area contributed by atoms with E-state index in [-0.39, 0.29) is 23.7 Å². The molecule has 3 rings (SSSR count). The molecule has 4 heteroatoms. The summed E-state index contributed by atoms with van der Waals surface area (Å²) in [6.45, 7) is 6.26. The molecule has 1 aromatic rings. The van der Waals surface area contributed by atoms with Crippen LogP contribution in [-0.2, 0) is 14.9 Å². The van der Waals surface area contributed by atoms with Crippen LogP contribution in [0.15, 0.2) is 41.4 Å². The smallest absolute Gasteiger partial charge is 0.311 e. The molecule has 0 N–H and O–H groups in total. The first-order valence-corrected chi connectivity index (χ1v) is 7.96. The number of ether oxygens (including phenoxy) is 1. The largest absolute Gasteiger partial charge is 0.466 e. The molecule has 120 valence electrons. The van der Waals surface area contributed by atoms with Gasteiger partial charge < -0.3 is 4.74 Å². The number of benzene rings is 1. The van der Waals surface area contributed by atoms with Gasteiger partial charge in [-0.1, -0.05) is 30.3 Å². The fourth-order valence-corrected chi connectivity index (χ4v) is 3.73. The van der Waals surface area contributed by atoms with E-state index >= 15 is 0 Å². The number of nitrogens with zero attached hydrogens (tertiary/aromatic N) is 1. The highest BCUT2D eigenvalue weighted by atomic mass is 16.5. The Morgan fingerprint density at radius 1 is 1.30 bits per heavy atom. The standard InChI is InChI=1S/C19H21NO3/c1-4-23-17(22)11-16-19(12-18(2,3)20-16)10-9-15(21)13-7-5-6-8-14(13)19/h5-10H,4,11-12H2,1-3H3/t19-/m0/s1. The Bertz CT molecular complexity index is 730. The molecule has 1 heterocycles. The maximum Gasteiger partial charge on any atom is 0.311 e. The summed E-state index contributed by atoms with van der Waals surface area (Å²) in [4.78, 5) is 29.0. The number of carbonyl (C=O) groups is 2. The third kappa shape index (κ3) is 2.62. The molecule has 2 aliphatic rings. The molecule has 0 bridgehead atoms. The van der Waals surface area contributed by atoms with E-state index < -0.39 is 5.41 Å². The first-order valence-electron chi connectivity index (χ1n) is 7.96. The summed E-state index contributed by atoms with van der Waals surface area (Å²) in [6, 6.07) is 7.61. The lowest BCUT2D eigenvalue weighted by Gasteiger charge is -2.33. The number of fused-ring (bicyclic) bond motifs is 2. The second-order valence-corrected chi connectivity index (χ2v) is 6.74. The van der Waals surface area contributed by atoms with Crippen LogP contribution in [0.1, 0.15) is 49.5 Å². The van der Waals surface area contributed by atoms with E-state index in [9.17, 15) is 9.59 Å². The number of esters is 1. The predicted octanol–water partition coefficient (Wildman–Crippen LogP) is 3.25. The molecular weight excluding hydrogens is 290 g/mol. The van der Waals surface area contributed by atoms with Crippen LogP contribution in [0, 0.1) is 0 Å². The lowest BCUT2D eigenvalue weighted by atomic mass is 9.67. The van der Waals surface area contributed by atoms with Crippen LogP contribution in [0.3, 0.4) is 0 Å². The van der Waals surface area contributed by atoms with Crippen molar-refractivity contribution in [1.82, 2.24) is 0 Å². The molecule has 1 aliphatic carbocycles. The van der Waals surface area contributed by atoms with Gasteiger partial charge in [0.1, 0.15) is 0 Å². The molecule has 23 heavy (non-hydrogen) atoms. The number of ketones is 1. The first kappa shape index (κ1) is 15.7. The molecule has 0 fully saturated rings. The Balaban J connectivity index is 2.09. The highest BCUT2D eigenvalue weighted by Gasteiger charge is 2.49. The third-order valence-corrected chi connectivity index (χ3v) is 4.47. The van der Waals surface area contributed by atoms with Gasteiger partial charge in [0.05, 0.1) is 24.0 Å². The van der Waals surface area contributed by atoms with Crippen molar-refractivity contribution in [3.8, 4) is 0 Å². The van der Waals surface area contributed by atoms with Gasteiger partial charge in [-0.25, -0.2) is 0 Å². The van der Waals surface area contributed by atoms with E-state index in [2.05, 4.69) is 13.8 Å². The summed E-state index contributed by atoms with van der Waals surface area (Å²) in [6.07, 6.45) is 4.44. The minimum Gasteiger partial charge on any atom is -0.466 e. The van der Waals surface area contributed by atoms with Gasteiger partial charge in [0.2, 0.25) is 0 Å². The van der Waals surface area contributed by atoms with Gasteiger partial charge >= 0.3 is 5.97 Å². The molecule has 0 amide bonds. The summed E-state index contributed by atoms with van der Waals surface area (Å²) in [5.74, 6) is -0.266. The molecule has 0 saturated carbocycles. The van der Waals surface area contributed by atoms with Crippen LogP contribution in [0.2, 0.25) is 0 Å². The van der Waals surface area contributed by atoms with E-state index in [1.54, 1.807) is 13.0 Å². The fourth-order valence-electron chi connectivity index (χ4n) is 3.73. The van der Waals surface area contributed by atoms with Crippen molar-refractivity contribution in [1.29, 1.82) is 0 Å². The Morgan fingerprint density at radius 2 is 2.04 bits per heavy atom. The number of rotatable bonds is 3. The van der Waals surface area contributed by atoms with Crippen LogP contribution in [-0.4, -0.2) is 29.6 Å². The average Bonchev–Trinajstić information content (AvgIpc) is 2.75. The average molecular weight is 311 g/mol. The van der Waals surface area contributed by atoms with Crippen LogP contribution in [0.25, 0.3) is 0 Å². The SMILES string of the molecule is CCOC(=O)CC1=NC(C)(C)C[C@]12C=CC(=O)c1ccccc12. The van der Waals surface area contributed by atoms with E-state index in [0.717, 1.165) is 17.7 Å². The number of allylic oxidation sites excluding steroid dienone is 2. The van der Waals surface area contributed by atoms with E-state index in [4.69, 9.17) is 9.73 Å². The minimum absolute atomic E-state index is 0.00594. The number of hydrogen-bond donors (Lipinski definition) is 0. The molecule has 1 aliphatic heterocycles. The fraction of sp³-hybridized carbons (Fsp3) is 0.421. The maximum absolute atomic E-state index is 12.2. The number of carbonyl (C=O) groups excluding carboxylic acids is 2.